The van der Waals surface area contributed by atoms with Gasteiger partial charge in [0.2, 0.25) is 0 Å². The average Bonchev–Trinajstić information content (AvgIpc) is 3.50. The van der Waals surface area contributed by atoms with Crippen LogP contribution in [-0.4, -0.2) is 19.3 Å². The van der Waals surface area contributed by atoms with Gasteiger partial charge in [-0.2, -0.15) is 5.10 Å². The predicted molar refractivity (Wildman–Crippen MR) is 190 cm³/mol. The van der Waals surface area contributed by atoms with Gasteiger partial charge in [-0.05, 0) is 106 Å². The number of fused-ring (bicyclic) bond motifs is 3. The van der Waals surface area contributed by atoms with Crippen LogP contribution < -0.4 is 4.74 Å². The van der Waals surface area contributed by atoms with Crippen molar-refractivity contribution in [1.82, 2.24) is 19.3 Å². The lowest BCUT2D eigenvalue weighted by molar-refractivity contribution is 0.390. The molecule has 0 saturated carbocycles. The summed E-state index contributed by atoms with van der Waals surface area (Å²) in [6.45, 7) is 15.7. The number of ether oxygens (including phenoxy) is 1. The van der Waals surface area contributed by atoms with Crippen LogP contribution in [0.25, 0.3) is 33.3 Å². The van der Waals surface area contributed by atoms with Crippen molar-refractivity contribution in [2.24, 2.45) is 11.8 Å². The zero-order valence-electron chi connectivity index (χ0n) is 28.1. The fourth-order valence-electron chi connectivity index (χ4n) is 7.96. The first-order chi connectivity index (χ1) is 22.2. The van der Waals surface area contributed by atoms with Crippen molar-refractivity contribution >= 4 is 21.8 Å². The van der Waals surface area contributed by atoms with Gasteiger partial charge in [-0.3, -0.25) is 4.57 Å². The zero-order valence-corrected chi connectivity index (χ0v) is 28.1. The van der Waals surface area contributed by atoms with E-state index < -0.39 is 0 Å². The summed E-state index contributed by atoms with van der Waals surface area (Å²) in [7, 11) is 0. The Morgan fingerprint density at radius 2 is 1.65 bits per heavy atom. The van der Waals surface area contributed by atoms with Crippen LogP contribution in [0.1, 0.15) is 74.5 Å². The molecule has 0 bridgehead atoms. The van der Waals surface area contributed by atoms with E-state index in [0.29, 0.717) is 17.8 Å². The van der Waals surface area contributed by atoms with E-state index in [4.69, 9.17) is 14.8 Å². The Morgan fingerprint density at radius 3 is 2.43 bits per heavy atom. The topological polar surface area (TPSA) is 44.9 Å². The highest BCUT2D eigenvalue weighted by Crippen LogP contribution is 2.43. The van der Waals surface area contributed by atoms with Crippen LogP contribution in [0, 0.1) is 32.6 Å². The maximum Gasteiger partial charge on any atom is 0.137 e. The molecule has 0 fully saturated rings. The lowest BCUT2D eigenvalue weighted by Crippen LogP contribution is -2.20. The summed E-state index contributed by atoms with van der Waals surface area (Å²) in [4.78, 5) is 4.75. The summed E-state index contributed by atoms with van der Waals surface area (Å²) >= 11 is 0. The Morgan fingerprint density at radius 1 is 0.848 bits per heavy atom. The minimum atomic E-state index is 0.404. The van der Waals surface area contributed by atoms with Gasteiger partial charge >= 0.3 is 0 Å². The maximum atomic E-state index is 6.70. The second-order valence-electron chi connectivity index (χ2n) is 13.5. The molecule has 1 aliphatic rings. The molecule has 3 heterocycles. The van der Waals surface area contributed by atoms with E-state index in [2.05, 4.69) is 131 Å². The molecule has 0 radical (unpaired) electrons. The van der Waals surface area contributed by atoms with E-state index >= 15 is 0 Å². The van der Waals surface area contributed by atoms with Crippen LogP contribution in [0.5, 0.6) is 11.5 Å². The summed E-state index contributed by atoms with van der Waals surface area (Å²) in [5.41, 5.74) is 10.8. The van der Waals surface area contributed by atoms with Crippen LogP contribution in [0.4, 0.5) is 0 Å². The largest absolute Gasteiger partial charge is 0.457 e. The van der Waals surface area contributed by atoms with Gasteiger partial charge in [0, 0.05) is 46.3 Å². The van der Waals surface area contributed by atoms with Crippen molar-refractivity contribution in [3.8, 4) is 23.0 Å². The molecule has 0 amide bonds. The van der Waals surface area contributed by atoms with Gasteiger partial charge in [-0.15, -0.1) is 0 Å². The van der Waals surface area contributed by atoms with Crippen molar-refractivity contribution in [3.63, 3.8) is 0 Å². The summed E-state index contributed by atoms with van der Waals surface area (Å²) in [6.07, 6.45) is 7.58. The molecular formula is C41H44N4O. The number of pyridine rings is 1. The van der Waals surface area contributed by atoms with E-state index in [1.54, 1.807) is 0 Å². The third kappa shape index (κ3) is 5.32. The van der Waals surface area contributed by atoms with E-state index in [1.165, 1.54) is 45.2 Å². The fourth-order valence-corrected chi connectivity index (χ4v) is 7.96. The smallest absolute Gasteiger partial charge is 0.137 e. The molecule has 0 N–H and O–H groups in total. The van der Waals surface area contributed by atoms with E-state index in [0.717, 1.165) is 52.6 Å². The molecule has 7 rings (SSSR count). The Labute approximate surface area is 272 Å². The number of aryl methyl sites for hydroxylation is 3. The number of allylic oxidation sites excluding steroid dienone is 2. The van der Waals surface area contributed by atoms with Gasteiger partial charge in [0.15, 0.2) is 0 Å². The summed E-state index contributed by atoms with van der Waals surface area (Å²) in [5.74, 6) is 4.14. The van der Waals surface area contributed by atoms with Crippen LogP contribution in [0.2, 0.25) is 0 Å². The van der Waals surface area contributed by atoms with Gasteiger partial charge in [0.25, 0.3) is 0 Å². The molecule has 0 aliphatic heterocycles. The zero-order chi connectivity index (χ0) is 32.1. The van der Waals surface area contributed by atoms with Crippen LogP contribution in [0.15, 0.2) is 90.6 Å². The van der Waals surface area contributed by atoms with Gasteiger partial charge in [0.1, 0.15) is 17.3 Å². The maximum absolute atomic E-state index is 6.70. The molecule has 1 unspecified atom stereocenters. The molecule has 1 aliphatic carbocycles. The second-order valence-corrected chi connectivity index (χ2v) is 13.5. The summed E-state index contributed by atoms with van der Waals surface area (Å²) < 4.78 is 11.1. The first kappa shape index (κ1) is 30.0. The van der Waals surface area contributed by atoms with Crippen molar-refractivity contribution in [2.45, 2.75) is 73.6 Å². The molecular weight excluding hydrogens is 564 g/mol. The minimum Gasteiger partial charge on any atom is -0.457 e. The summed E-state index contributed by atoms with van der Waals surface area (Å²) in [6, 6.07) is 25.7. The fraction of sp³-hybridized carbons (Fsp3) is 0.317. The Balaban J connectivity index is 1.31. The lowest BCUT2D eigenvalue weighted by Gasteiger charge is -2.32. The third-order valence-electron chi connectivity index (χ3n) is 9.75. The Bertz CT molecular complexity index is 2110. The molecule has 0 saturated heterocycles. The third-order valence-corrected chi connectivity index (χ3v) is 9.75. The molecule has 3 atom stereocenters. The molecule has 46 heavy (non-hydrogen) atoms. The SMILES string of the molecule is CCCc1cc(Oc2ccc3c4ccccc4n(-c4cc(C)ccn4)c3c2)cc(-n2nc(C)c(C3C(C)=C[C@H](C)C[C@@H]3C)c2C)c1. The number of rotatable bonds is 7. The first-order valence-corrected chi connectivity index (χ1v) is 16.7. The highest BCUT2D eigenvalue weighted by Gasteiger charge is 2.31. The van der Waals surface area contributed by atoms with Crippen LogP contribution in [0.3, 0.4) is 0 Å². The van der Waals surface area contributed by atoms with Crippen LogP contribution >= 0.6 is 0 Å². The summed E-state index contributed by atoms with van der Waals surface area (Å²) in [5, 5.41) is 7.51. The molecule has 0 spiro atoms. The van der Waals surface area contributed by atoms with Gasteiger partial charge in [-0.25, -0.2) is 9.67 Å². The van der Waals surface area contributed by atoms with Crippen molar-refractivity contribution in [3.05, 3.63) is 119 Å². The Kier molecular flexibility index (Phi) is 7.80. The van der Waals surface area contributed by atoms with E-state index in [9.17, 15) is 0 Å². The quantitative estimate of drug-likeness (QED) is 0.169. The average molecular weight is 609 g/mol. The normalized spacial score (nSPS) is 18.3. The van der Waals surface area contributed by atoms with Crippen molar-refractivity contribution < 1.29 is 4.74 Å². The van der Waals surface area contributed by atoms with Gasteiger partial charge in [0.05, 0.1) is 22.4 Å². The molecule has 6 aromatic rings. The van der Waals surface area contributed by atoms with Gasteiger partial charge in [-0.1, -0.05) is 57.0 Å². The number of nitrogens with zero attached hydrogens (tertiary/aromatic N) is 4. The first-order valence-electron chi connectivity index (χ1n) is 16.7. The van der Waals surface area contributed by atoms with Crippen molar-refractivity contribution in [1.29, 1.82) is 0 Å². The molecule has 5 nitrogen and oxygen atoms in total. The molecule has 3 aromatic heterocycles. The minimum absolute atomic E-state index is 0.404. The highest BCUT2D eigenvalue weighted by atomic mass is 16.5. The predicted octanol–water partition coefficient (Wildman–Crippen LogP) is 10.7. The number of benzene rings is 3. The second kappa shape index (κ2) is 11.9. The highest BCUT2D eigenvalue weighted by molar-refractivity contribution is 6.09. The van der Waals surface area contributed by atoms with Gasteiger partial charge < -0.3 is 4.74 Å². The number of hydrogen-bond acceptors (Lipinski definition) is 3. The number of aromatic nitrogens is 4. The molecule has 5 heteroatoms. The monoisotopic (exact) mass is 608 g/mol. The molecule has 3 aromatic carbocycles. The van der Waals surface area contributed by atoms with Crippen molar-refractivity contribution in [2.75, 3.05) is 0 Å². The lowest BCUT2D eigenvalue weighted by atomic mass is 9.72. The number of hydrogen-bond donors (Lipinski definition) is 0. The Hall–Kier alpha value is -4.64. The van der Waals surface area contributed by atoms with Crippen LogP contribution in [-0.2, 0) is 6.42 Å². The molecule has 234 valence electrons. The van der Waals surface area contributed by atoms with E-state index in [-0.39, 0.29) is 0 Å². The number of para-hydroxylation sites is 1. The van der Waals surface area contributed by atoms with E-state index in [1.807, 2.05) is 12.3 Å². The standard InChI is InChI=1S/C41H44N4O/c1-8-11-31-21-32(45-30(7)41(29(6)43-45)40-27(4)18-26(3)19-28(40)5)23-34(22-31)46-33-14-15-36-35-12-9-10-13-37(35)44(38(36)24-33)39-20-25(2)16-17-42-39/h9-10,12-18,20-24,26,28,40H,8,11,19H2,1-7H3/t26-,28-,40?/m0/s1.